The number of nitrogens with one attached hydrogen (secondary N) is 1. The summed E-state index contributed by atoms with van der Waals surface area (Å²) in [5.41, 5.74) is 1.82. The summed E-state index contributed by atoms with van der Waals surface area (Å²) in [4.78, 5) is 0. The molecule has 0 bridgehead atoms. The van der Waals surface area contributed by atoms with Crippen molar-refractivity contribution in [3.05, 3.63) is 63.9 Å². The summed E-state index contributed by atoms with van der Waals surface area (Å²) in [5.74, 6) is 0.526. The van der Waals surface area contributed by atoms with Crippen LogP contribution in [0.5, 0.6) is 5.75 Å². The highest BCUT2D eigenvalue weighted by Gasteiger charge is 2.17. The van der Waals surface area contributed by atoms with Gasteiger partial charge < -0.3 is 10.1 Å². The zero-order valence-corrected chi connectivity index (χ0v) is 12.4. The lowest BCUT2D eigenvalue weighted by Gasteiger charge is -2.20. The number of rotatable bonds is 4. The fourth-order valence-corrected chi connectivity index (χ4v) is 2.50. The predicted octanol–water partition coefficient (Wildman–Crippen LogP) is 3.91. The molecule has 4 heteroatoms. The van der Waals surface area contributed by atoms with Crippen LogP contribution in [0.15, 0.2) is 46.9 Å². The molecule has 2 aromatic carbocycles. The molecule has 0 heterocycles. The van der Waals surface area contributed by atoms with Crippen molar-refractivity contribution in [2.75, 3.05) is 14.2 Å². The summed E-state index contributed by atoms with van der Waals surface area (Å²) in [7, 11) is 3.47. The van der Waals surface area contributed by atoms with Crippen LogP contribution in [0.2, 0.25) is 0 Å². The summed E-state index contributed by atoms with van der Waals surface area (Å²) >= 11 is 3.45. The third kappa shape index (κ3) is 3.14. The van der Waals surface area contributed by atoms with E-state index < -0.39 is 0 Å². The Morgan fingerprint density at radius 2 is 2.00 bits per heavy atom. The molecular formula is C15H15BrFNO. The quantitative estimate of drug-likeness (QED) is 0.921. The molecule has 0 saturated heterocycles. The average molecular weight is 324 g/mol. The van der Waals surface area contributed by atoms with Gasteiger partial charge >= 0.3 is 0 Å². The lowest BCUT2D eigenvalue weighted by molar-refractivity contribution is 0.405. The number of halogens is 2. The van der Waals surface area contributed by atoms with E-state index in [1.54, 1.807) is 13.2 Å². The van der Waals surface area contributed by atoms with E-state index in [1.165, 1.54) is 12.1 Å². The molecule has 0 aliphatic rings. The Morgan fingerprint density at radius 3 is 2.63 bits per heavy atom. The van der Waals surface area contributed by atoms with Crippen molar-refractivity contribution in [2.24, 2.45) is 0 Å². The standard InChI is InChI=1S/C15H15BrFNO/c1-18-15(10-4-3-5-12(17)8-10)13-9-11(16)6-7-14(13)19-2/h3-9,15,18H,1-2H3. The van der Waals surface area contributed by atoms with Gasteiger partial charge in [-0.1, -0.05) is 28.1 Å². The molecule has 2 rings (SSSR count). The van der Waals surface area contributed by atoms with Crippen molar-refractivity contribution in [3.8, 4) is 5.75 Å². The lowest BCUT2D eigenvalue weighted by Crippen LogP contribution is -2.18. The second-order valence-electron chi connectivity index (χ2n) is 4.16. The number of ether oxygens (including phenoxy) is 1. The van der Waals surface area contributed by atoms with Gasteiger partial charge in [-0.2, -0.15) is 0 Å². The van der Waals surface area contributed by atoms with Gasteiger partial charge in [-0.3, -0.25) is 0 Å². The summed E-state index contributed by atoms with van der Waals surface area (Å²) < 4.78 is 19.7. The zero-order chi connectivity index (χ0) is 13.8. The van der Waals surface area contributed by atoms with Crippen LogP contribution in [0, 0.1) is 5.82 Å². The summed E-state index contributed by atoms with van der Waals surface area (Å²) in [6.07, 6.45) is 0. The van der Waals surface area contributed by atoms with Crippen molar-refractivity contribution in [2.45, 2.75) is 6.04 Å². The first kappa shape index (κ1) is 14.0. The van der Waals surface area contributed by atoms with Crippen LogP contribution in [0.4, 0.5) is 4.39 Å². The number of hydrogen-bond acceptors (Lipinski definition) is 2. The SMILES string of the molecule is CNC(c1cccc(F)c1)c1cc(Br)ccc1OC. The molecule has 1 unspecified atom stereocenters. The Labute approximate surface area is 120 Å². The highest BCUT2D eigenvalue weighted by atomic mass is 79.9. The van der Waals surface area contributed by atoms with E-state index in [4.69, 9.17) is 4.74 Å². The summed E-state index contributed by atoms with van der Waals surface area (Å²) in [6, 6.07) is 12.2. The minimum atomic E-state index is -0.244. The Bertz CT molecular complexity index is 574. The van der Waals surface area contributed by atoms with Gasteiger partial charge in [0.25, 0.3) is 0 Å². The molecule has 0 fully saturated rings. The van der Waals surface area contributed by atoms with Crippen LogP contribution in [0.25, 0.3) is 0 Å². The first-order valence-electron chi connectivity index (χ1n) is 5.92. The zero-order valence-electron chi connectivity index (χ0n) is 10.8. The van der Waals surface area contributed by atoms with Crippen LogP contribution in [-0.2, 0) is 0 Å². The second kappa shape index (κ2) is 6.17. The monoisotopic (exact) mass is 323 g/mol. The largest absolute Gasteiger partial charge is 0.496 e. The smallest absolute Gasteiger partial charge is 0.124 e. The van der Waals surface area contributed by atoms with Crippen molar-refractivity contribution >= 4 is 15.9 Å². The highest BCUT2D eigenvalue weighted by Crippen LogP contribution is 2.32. The molecule has 0 saturated carbocycles. The van der Waals surface area contributed by atoms with Crippen LogP contribution in [0.1, 0.15) is 17.2 Å². The van der Waals surface area contributed by atoms with Gasteiger partial charge in [0.2, 0.25) is 0 Å². The van der Waals surface area contributed by atoms with E-state index in [2.05, 4.69) is 21.2 Å². The van der Waals surface area contributed by atoms with Crippen LogP contribution in [-0.4, -0.2) is 14.2 Å². The molecule has 1 atom stereocenters. The van der Waals surface area contributed by atoms with E-state index in [-0.39, 0.29) is 11.9 Å². The first-order chi connectivity index (χ1) is 9.15. The molecule has 19 heavy (non-hydrogen) atoms. The van der Waals surface area contributed by atoms with E-state index in [1.807, 2.05) is 31.3 Å². The molecule has 0 amide bonds. The maximum Gasteiger partial charge on any atom is 0.124 e. The molecule has 0 spiro atoms. The molecule has 2 nitrogen and oxygen atoms in total. The maximum absolute atomic E-state index is 13.4. The fraction of sp³-hybridized carbons (Fsp3) is 0.200. The van der Waals surface area contributed by atoms with Gasteiger partial charge in [-0.15, -0.1) is 0 Å². The number of methoxy groups -OCH3 is 1. The van der Waals surface area contributed by atoms with Gasteiger partial charge in [0.1, 0.15) is 11.6 Å². The Hall–Kier alpha value is -1.39. The van der Waals surface area contributed by atoms with E-state index in [0.717, 1.165) is 21.3 Å². The minimum Gasteiger partial charge on any atom is -0.496 e. The number of benzene rings is 2. The maximum atomic E-state index is 13.4. The molecule has 0 radical (unpaired) electrons. The molecule has 0 aliphatic heterocycles. The molecule has 2 aromatic rings. The Balaban J connectivity index is 2.50. The molecular weight excluding hydrogens is 309 g/mol. The van der Waals surface area contributed by atoms with Gasteiger partial charge in [0.05, 0.1) is 13.2 Å². The van der Waals surface area contributed by atoms with Crippen molar-refractivity contribution in [1.82, 2.24) is 5.32 Å². The van der Waals surface area contributed by atoms with Crippen molar-refractivity contribution < 1.29 is 9.13 Å². The van der Waals surface area contributed by atoms with Crippen LogP contribution < -0.4 is 10.1 Å². The fourth-order valence-electron chi connectivity index (χ4n) is 2.12. The van der Waals surface area contributed by atoms with Crippen LogP contribution >= 0.6 is 15.9 Å². The van der Waals surface area contributed by atoms with Gasteiger partial charge in [-0.25, -0.2) is 4.39 Å². The van der Waals surface area contributed by atoms with E-state index in [9.17, 15) is 4.39 Å². The first-order valence-corrected chi connectivity index (χ1v) is 6.71. The highest BCUT2D eigenvalue weighted by molar-refractivity contribution is 9.10. The topological polar surface area (TPSA) is 21.3 Å². The van der Waals surface area contributed by atoms with Gasteiger partial charge in [0, 0.05) is 10.0 Å². The second-order valence-corrected chi connectivity index (χ2v) is 5.08. The van der Waals surface area contributed by atoms with E-state index >= 15 is 0 Å². The summed E-state index contributed by atoms with van der Waals surface area (Å²) in [5, 5.41) is 3.20. The van der Waals surface area contributed by atoms with E-state index in [0.29, 0.717) is 0 Å². The predicted molar refractivity (Wildman–Crippen MR) is 78.0 cm³/mol. The molecule has 1 N–H and O–H groups in total. The van der Waals surface area contributed by atoms with Crippen molar-refractivity contribution in [1.29, 1.82) is 0 Å². The molecule has 0 aliphatic carbocycles. The minimum absolute atomic E-state index is 0.122. The summed E-state index contributed by atoms with van der Waals surface area (Å²) in [6.45, 7) is 0. The third-order valence-corrected chi connectivity index (χ3v) is 3.47. The van der Waals surface area contributed by atoms with Crippen molar-refractivity contribution in [3.63, 3.8) is 0 Å². The third-order valence-electron chi connectivity index (χ3n) is 2.97. The average Bonchev–Trinajstić information content (AvgIpc) is 2.40. The molecule has 100 valence electrons. The normalized spacial score (nSPS) is 12.2. The Morgan fingerprint density at radius 1 is 1.21 bits per heavy atom. The van der Waals surface area contributed by atoms with Gasteiger partial charge in [0.15, 0.2) is 0 Å². The van der Waals surface area contributed by atoms with Crippen LogP contribution in [0.3, 0.4) is 0 Å². The van der Waals surface area contributed by atoms with Gasteiger partial charge in [-0.05, 0) is 42.9 Å². The molecule has 0 aromatic heterocycles. The lowest BCUT2D eigenvalue weighted by atomic mass is 9.98. The Kier molecular flexibility index (Phi) is 4.56. The number of hydrogen-bond donors (Lipinski definition) is 1.